The second kappa shape index (κ2) is 5.93. The summed E-state index contributed by atoms with van der Waals surface area (Å²) >= 11 is 3.36. The number of nitrogens with zero attached hydrogens (tertiary/aromatic N) is 2. The van der Waals surface area contributed by atoms with Crippen molar-refractivity contribution in [1.82, 2.24) is 9.46 Å². The van der Waals surface area contributed by atoms with Crippen molar-refractivity contribution >= 4 is 26.0 Å². The number of halogens is 1. The standard InChI is InChI=1S/C12H19BrN2O3S/c1-9-12(10(2)18-14-9)19(16,17)15(8-4-7-13)11-5-3-6-11/h11H,3-8H2,1-2H3. The molecule has 1 heterocycles. The maximum atomic E-state index is 12.8. The Morgan fingerprint density at radius 2 is 2.11 bits per heavy atom. The van der Waals surface area contributed by atoms with E-state index in [4.69, 9.17) is 4.52 Å². The highest BCUT2D eigenvalue weighted by molar-refractivity contribution is 9.09. The minimum Gasteiger partial charge on any atom is -0.360 e. The Morgan fingerprint density at radius 1 is 1.42 bits per heavy atom. The average Bonchev–Trinajstić information content (AvgIpc) is 2.61. The molecule has 0 atom stereocenters. The van der Waals surface area contributed by atoms with Crippen LogP contribution in [-0.2, 0) is 10.0 Å². The van der Waals surface area contributed by atoms with Crippen LogP contribution >= 0.6 is 15.9 Å². The Bertz CT molecular complexity index is 518. The molecule has 0 aromatic carbocycles. The monoisotopic (exact) mass is 350 g/mol. The van der Waals surface area contributed by atoms with Crippen LogP contribution in [0.1, 0.15) is 37.1 Å². The van der Waals surface area contributed by atoms with Gasteiger partial charge in [0.05, 0.1) is 0 Å². The Morgan fingerprint density at radius 3 is 2.53 bits per heavy atom. The van der Waals surface area contributed by atoms with Gasteiger partial charge in [-0.15, -0.1) is 0 Å². The number of hydrogen-bond donors (Lipinski definition) is 0. The van der Waals surface area contributed by atoms with Crippen LogP contribution in [0.3, 0.4) is 0 Å². The van der Waals surface area contributed by atoms with Crippen molar-refractivity contribution in [3.05, 3.63) is 11.5 Å². The quantitative estimate of drug-likeness (QED) is 0.739. The molecule has 7 heteroatoms. The molecule has 0 spiro atoms. The van der Waals surface area contributed by atoms with E-state index in [0.29, 0.717) is 18.0 Å². The van der Waals surface area contributed by atoms with Crippen LogP contribution in [0.5, 0.6) is 0 Å². The topological polar surface area (TPSA) is 63.4 Å². The van der Waals surface area contributed by atoms with Crippen molar-refractivity contribution in [3.63, 3.8) is 0 Å². The lowest BCUT2D eigenvalue weighted by molar-refractivity contribution is 0.220. The Kier molecular flexibility index (Phi) is 4.68. The molecular formula is C12H19BrN2O3S. The second-order valence-corrected chi connectivity index (χ2v) is 7.52. The molecular weight excluding hydrogens is 332 g/mol. The molecule has 5 nitrogen and oxygen atoms in total. The van der Waals surface area contributed by atoms with E-state index in [-0.39, 0.29) is 10.9 Å². The minimum absolute atomic E-state index is 0.137. The van der Waals surface area contributed by atoms with E-state index in [1.54, 1.807) is 18.2 Å². The third-order valence-electron chi connectivity index (χ3n) is 3.53. The second-order valence-electron chi connectivity index (χ2n) is 4.90. The number of aryl methyl sites for hydroxylation is 2. The first-order valence-electron chi connectivity index (χ1n) is 6.49. The summed E-state index contributed by atoms with van der Waals surface area (Å²) in [6, 6.07) is 0.137. The van der Waals surface area contributed by atoms with E-state index in [0.717, 1.165) is 31.0 Å². The summed E-state index contributed by atoms with van der Waals surface area (Å²) in [6.07, 6.45) is 3.81. The smallest absolute Gasteiger partial charge is 0.248 e. The largest absolute Gasteiger partial charge is 0.360 e. The Labute approximate surface area is 122 Å². The zero-order chi connectivity index (χ0) is 14.0. The molecule has 1 aliphatic carbocycles. The number of aromatic nitrogens is 1. The van der Waals surface area contributed by atoms with Gasteiger partial charge in [-0.2, -0.15) is 4.31 Å². The predicted octanol–water partition coefficient (Wildman–Crippen LogP) is 2.62. The van der Waals surface area contributed by atoms with E-state index < -0.39 is 10.0 Å². The first-order valence-corrected chi connectivity index (χ1v) is 9.05. The molecule has 19 heavy (non-hydrogen) atoms. The fraction of sp³-hybridized carbons (Fsp3) is 0.750. The van der Waals surface area contributed by atoms with Gasteiger partial charge in [0, 0.05) is 17.9 Å². The molecule has 1 saturated carbocycles. The molecule has 0 aliphatic heterocycles. The SMILES string of the molecule is Cc1noc(C)c1S(=O)(=O)N(CCCBr)C1CCC1. The summed E-state index contributed by atoms with van der Waals surface area (Å²) in [6.45, 7) is 3.87. The van der Waals surface area contributed by atoms with Crippen molar-refractivity contribution in [2.45, 2.75) is 50.5 Å². The summed E-state index contributed by atoms with van der Waals surface area (Å²) in [4.78, 5) is 0.244. The molecule has 1 fully saturated rings. The van der Waals surface area contributed by atoms with E-state index in [1.807, 2.05) is 0 Å². The van der Waals surface area contributed by atoms with Crippen LogP contribution < -0.4 is 0 Å². The van der Waals surface area contributed by atoms with E-state index in [1.165, 1.54) is 0 Å². The van der Waals surface area contributed by atoms with Gasteiger partial charge >= 0.3 is 0 Å². The Hall–Kier alpha value is -0.400. The van der Waals surface area contributed by atoms with Gasteiger partial charge < -0.3 is 4.52 Å². The molecule has 1 aliphatic rings. The van der Waals surface area contributed by atoms with Crippen LogP contribution in [0.2, 0.25) is 0 Å². The van der Waals surface area contributed by atoms with Gasteiger partial charge in [-0.05, 0) is 33.1 Å². The summed E-state index contributed by atoms with van der Waals surface area (Å²) in [5, 5.41) is 4.56. The van der Waals surface area contributed by atoms with Crippen LogP contribution in [0, 0.1) is 13.8 Å². The van der Waals surface area contributed by atoms with Crippen LogP contribution in [0.4, 0.5) is 0 Å². The number of rotatable bonds is 6. The van der Waals surface area contributed by atoms with Gasteiger partial charge in [0.2, 0.25) is 10.0 Å². The molecule has 1 aromatic heterocycles. The molecule has 0 saturated heterocycles. The van der Waals surface area contributed by atoms with Gasteiger partial charge in [0.15, 0.2) is 5.76 Å². The maximum absolute atomic E-state index is 12.8. The van der Waals surface area contributed by atoms with Crippen LogP contribution in [0.25, 0.3) is 0 Å². The van der Waals surface area contributed by atoms with Crippen molar-refractivity contribution in [2.75, 3.05) is 11.9 Å². The molecule has 0 radical (unpaired) electrons. The van der Waals surface area contributed by atoms with Crippen molar-refractivity contribution < 1.29 is 12.9 Å². The predicted molar refractivity (Wildman–Crippen MR) is 75.9 cm³/mol. The van der Waals surface area contributed by atoms with E-state index >= 15 is 0 Å². The van der Waals surface area contributed by atoms with Gasteiger partial charge in [0.1, 0.15) is 10.6 Å². The number of hydrogen-bond acceptors (Lipinski definition) is 4. The average molecular weight is 351 g/mol. The molecule has 0 bridgehead atoms. The first kappa shape index (κ1) is 15.0. The number of sulfonamides is 1. The van der Waals surface area contributed by atoms with Crippen LogP contribution in [-0.4, -0.2) is 35.8 Å². The maximum Gasteiger partial charge on any atom is 0.248 e. The third kappa shape index (κ3) is 2.87. The highest BCUT2D eigenvalue weighted by atomic mass is 79.9. The van der Waals surface area contributed by atoms with Gasteiger partial charge in [-0.3, -0.25) is 0 Å². The lowest BCUT2D eigenvalue weighted by Crippen LogP contribution is -2.45. The normalized spacial score (nSPS) is 16.8. The highest BCUT2D eigenvalue weighted by Gasteiger charge is 2.37. The third-order valence-corrected chi connectivity index (χ3v) is 6.29. The number of alkyl halides is 1. The summed E-state index contributed by atoms with van der Waals surface area (Å²) in [5.74, 6) is 0.376. The molecule has 1 aromatic rings. The van der Waals surface area contributed by atoms with Gasteiger partial charge in [-0.1, -0.05) is 27.5 Å². The fourth-order valence-electron chi connectivity index (χ4n) is 2.35. The lowest BCUT2D eigenvalue weighted by Gasteiger charge is -2.36. The molecule has 0 unspecified atom stereocenters. The Balaban J connectivity index is 2.33. The fourth-order valence-corrected chi connectivity index (χ4v) is 4.62. The van der Waals surface area contributed by atoms with Crippen molar-refractivity contribution in [1.29, 1.82) is 0 Å². The van der Waals surface area contributed by atoms with Crippen LogP contribution in [0.15, 0.2) is 9.42 Å². The first-order chi connectivity index (χ1) is 8.98. The highest BCUT2D eigenvalue weighted by Crippen LogP contribution is 2.32. The molecule has 0 N–H and O–H groups in total. The van der Waals surface area contributed by atoms with E-state index in [9.17, 15) is 8.42 Å². The van der Waals surface area contributed by atoms with Crippen molar-refractivity contribution in [3.8, 4) is 0 Å². The molecule has 2 rings (SSSR count). The summed E-state index contributed by atoms with van der Waals surface area (Å²) in [7, 11) is -3.50. The lowest BCUT2D eigenvalue weighted by atomic mass is 9.93. The van der Waals surface area contributed by atoms with Crippen molar-refractivity contribution in [2.24, 2.45) is 0 Å². The van der Waals surface area contributed by atoms with Gasteiger partial charge in [-0.25, -0.2) is 8.42 Å². The summed E-state index contributed by atoms with van der Waals surface area (Å²) < 4.78 is 32.2. The molecule has 108 valence electrons. The van der Waals surface area contributed by atoms with E-state index in [2.05, 4.69) is 21.1 Å². The summed E-state index contributed by atoms with van der Waals surface area (Å²) in [5.41, 5.74) is 0.445. The zero-order valence-corrected chi connectivity index (χ0v) is 13.6. The minimum atomic E-state index is -3.50. The molecule has 0 amide bonds. The zero-order valence-electron chi connectivity index (χ0n) is 11.2. The van der Waals surface area contributed by atoms with Gasteiger partial charge in [0.25, 0.3) is 0 Å².